The van der Waals surface area contributed by atoms with Crippen LogP contribution in [-0.4, -0.2) is 45.5 Å². The van der Waals surface area contributed by atoms with Crippen molar-refractivity contribution in [2.24, 2.45) is 0 Å². The summed E-state index contributed by atoms with van der Waals surface area (Å²) in [4.78, 5) is 12.3. The van der Waals surface area contributed by atoms with Crippen LogP contribution in [-0.2, 0) is 20.6 Å². The number of anilines is 1. The lowest BCUT2D eigenvalue weighted by Crippen LogP contribution is -2.41. The number of nitrogens with one attached hydrogen (secondary N) is 1. The molecule has 29 heavy (non-hydrogen) atoms. The number of benzene rings is 2. The van der Waals surface area contributed by atoms with Crippen molar-refractivity contribution in [2.45, 2.75) is 25.7 Å². The van der Waals surface area contributed by atoms with Crippen LogP contribution in [0.25, 0.3) is 0 Å². The van der Waals surface area contributed by atoms with Gasteiger partial charge in [-0.15, -0.1) is 0 Å². The maximum atomic E-state index is 12.3. The predicted octanol–water partition coefficient (Wildman–Crippen LogP) is 3.29. The zero-order valence-corrected chi connectivity index (χ0v) is 18.6. The Bertz CT molecular complexity index is 887. The number of rotatable bonds is 11. The molecule has 2 aromatic rings. The van der Waals surface area contributed by atoms with Crippen molar-refractivity contribution < 1.29 is 17.9 Å². The molecule has 2 aromatic carbocycles. The number of ether oxygens (including phenoxy) is 1. The van der Waals surface area contributed by atoms with Crippen molar-refractivity contribution >= 4 is 33.4 Å². The van der Waals surface area contributed by atoms with E-state index in [9.17, 15) is 13.2 Å². The van der Waals surface area contributed by atoms with Crippen molar-refractivity contribution in [3.8, 4) is 5.75 Å². The summed E-state index contributed by atoms with van der Waals surface area (Å²) in [6.07, 6.45) is 1.06. The molecule has 158 valence electrons. The van der Waals surface area contributed by atoms with Crippen molar-refractivity contribution in [3.63, 3.8) is 0 Å². The summed E-state index contributed by atoms with van der Waals surface area (Å²) in [6, 6.07) is 16.8. The minimum atomic E-state index is -3.62. The highest BCUT2D eigenvalue weighted by Gasteiger charge is 2.21. The lowest BCUT2D eigenvalue weighted by molar-refractivity contribution is -0.119. The Hall–Kier alpha value is -2.19. The van der Waals surface area contributed by atoms with Crippen molar-refractivity contribution in [1.82, 2.24) is 5.32 Å². The van der Waals surface area contributed by atoms with Crippen LogP contribution in [0.2, 0.25) is 0 Å². The van der Waals surface area contributed by atoms with E-state index in [1.165, 1.54) is 5.56 Å². The first-order valence-corrected chi connectivity index (χ1v) is 12.4. The smallest absolute Gasteiger partial charge is 0.240 e. The van der Waals surface area contributed by atoms with Crippen molar-refractivity contribution in [3.05, 3.63) is 60.2 Å². The first kappa shape index (κ1) is 23.1. The molecule has 6 nitrogen and oxygen atoms in total. The molecule has 0 aliphatic heterocycles. The average Bonchev–Trinajstić information content (AvgIpc) is 2.65. The number of hydrogen-bond acceptors (Lipinski definition) is 5. The molecule has 0 unspecified atom stereocenters. The van der Waals surface area contributed by atoms with Crippen LogP contribution in [0.15, 0.2) is 54.6 Å². The van der Waals surface area contributed by atoms with E-state index in [2.05, 4.69) is 17.4 Å². The molecule has 0 aromatic heterocycles. The summed E-state index contributed by atoms with van der Waals surface area (Å²) >= 11 is 1.71. The first-order chi connectivity index (χ1) is 13.8. The van der Waals surface area contributed by atoms with Gasteiger partial charge in [0.25, 0.3) is 0 Å². The first-order valence-electron chi connectivity index (χ1n) is 9.38. The molecule has 0 fully saturated rings. The van der Waals surface area contributed by atoms with E-state index in [1.807, 2.05) is 32.0 Å². The average molecular weight is 437 g/mol. The van der Waals surface area contributed by atoms with Crippen LogP contribution >= 0.6 is 11.8 Å². The summed E-state index contributed by atoms with van der Waals surface area (Å²) in [6.45, 7) is 3.99. The predicted molar refractivity (Wildman–Crippen MR) is 120 cm³/mol. The maximum absolute atomic E-state index is 12.3. The quantitative estimate of drug-likeness (QED) is 0.547. The monoisotopic (exact) mass is 436 g/mol. The molecular weight excluding hydrogens is 408 g/mol. The molecule has 0 atom stereocenters. The Labute approximate surface area is 177 Å². The fourth-order valence-electron chi connectivity index (χ4n) is 2.60. The van der Waals surface area contributed by atoms with Crippen LogP contribution in [0.3, 0.4) is 0 Å². The Morgan fingerprint density at radius 2 is 1.86 bits per heavy atom. The van der Waals surface area contributed by atoms with Gasteiger partial charge in [0.1, 0.15) is 12.3 Å². The SMILES string of the molecule is CC(C)Oc1cccc(N(CC(=O)NCCSCc2ccccc2)S(C)(=O)=O)c1. The van der Waals surface area contributed by atoms with Crippen LogP contribution in [0.5, 0.6) is 5.75 Å². The number of nitrogens with zero attached hydrogens (tertiary/aromatic N) is 1. The van der Waals surface area contributed by atoms with Gasteiger partial charge in [-0.1, -0.05) is 36.4 Å². The Morgan fingerprint density at radius 1 is 1.14 bits per heavy atom. The zero-order valence-electron chi connectivity index (χ0n) is 17.0. The van der Waals surface area contributed by atoms with E-state index in [1.54, 1.807) is 36.0 Å². The Morgan fingerprint density at radius 3 is 2.52 bits per heavy atom. The molecule has 1 N–H and O–H groups in total. The summed E-state index contributed by atoms with van der Waals surface area (Å²) in [7, 11) is -3.62. The normalized spacial score (nSPS) is 11.3. The maximum Gasteiger partial charge on any atom is 0.240 e. The number of carbonyl (C=O) groups excluding carboxylic acids is 1. The second-order valence-corrected chi connectivity index (χ2v) is 9.83. The standard InChI is InChI=1S/C21H28N2O4S2/c1-17(2)27-20-11-7-10-19(14-20)23(29(3,25)26)15-21(24)22-12-13-28-16-18-8-5-4-6-9-18/h4-11,14,17H,12-13,15-16H2,1-3H3,(H,22,24). The van der Waals surface area contributed by atoms with E-state index < -0.39 is 10.0 Å². The number of sulfonamides is 1. The van der Waals surface area contributed by atoms with Crippen LogP contribution in [0, 0.1) is 0 Å². The zero-order chi connectivity index (χ0) is 21.3. The molecule has 2 rings (SSSR count). The molecule has 0 radical (unpaired) electrons. The van der Waals surface area contributed by atoms with Gasteiger partial charge in [-0.3, -0.25) is 9.10 Å². The summed E-state index contributed by atoms with van der Waals surface area (Å²) in [5.41, 5.74) is 1.63. The third kappa shape index (κ3) is 8.37. The molecule has 8 heteroatoms. The van der Waals surface area contributed by atoms with Crippen LogP contribution < -0.4 is 14.4 Å². The molecular formula is C21H28N2O4S2. The molecule has 0 spiro atoms. The van der Waals surface area contributed by atoms with Gasteiger partial charge in [0.2, 0.25) is 15.9 Å². The van der Waals surface area contributed by atoms with E-state index >= 15 is 0 Å². The third-order valence-corrected chi connectivity index (χ3v) is 6.02. The highest BCUT2D eigenvalue weighted by Crippen LogP contribution is 2.23. The minimum absolute atomic E-state index is 0.0337. The second-order valence-electron chi connectivity index (χ2n) is 6.82. The van der Waals surface area contributed by atoms with Gasteiger partial charge >= 0.3 is 0 Å². The molecule has 0 bridgehead atoms. The third-order valence-electron chi connectivity index (χ3n) is 3.85. The lowest BCUT2D eigenvalue weighted by Gasteiger charge is -2.22. The largest absolute Gasteiger partial charge is 0.491 e. The van der Waals surface area contributed by atoms with Gasteiger partial charge in [0.05, 0.1) is 18.0 Å². The molecule has 0 aliphatic rings. The molecule has 1 amide bonds. The number of thioether (sulfide) groups is 1. The molecule has 0 aliphatic carbocycles. The van der Waals surface area contributed by atoms with Gasteiger partial charge < -0.3 is 10.1 Å². The van der Waals surface area contributed by atoms with E-state index in [-0.39, 0.29) is 18.6 Å². The van der Waals surface area contributed by atoms with E-state index in [0.717, 1.165) is 22.1 Å². The van der Waals surface area contributed by atoms with E-state index in [0.29, 0.717) is 18.0 Å². The fraction of sp³-hybridized carbons (Fsp3) is 0.381. The molecule has 0 saturated carbocycles. The van der Waals surface area contributed by atoms with E-state index in [4.69, 9.17) is 4.74 Å². The highest BCUT2D eigenvalue weighted by atomic mass is 32.2. The van der Waals surface area contributed by atoms with Crippen molar-refractivity contribution in [1.29, 1.82) is 0 Å². The van der Waals surface area contributed by atoms with Gasteiger partial charge in [-0.2, -0.15) is 11.8 Å². The number of hydrogen-bond donors (Lipinski definition) is 1. The van der Waals surface area contributed by atoms with Gasteiger partial charge in [0, 0.05) is 24.1 Å². The molecule has 0 heterocycles. The fourth-order valence-corrected chi connectivity index (χ4v) is 4.26. The Kier molecular flexibility index (Phi) is 8.85. The number of amides is 1. The lowest BCUT2D eigenvalue weighted by atomic mass is 10.2. The van der Waals surface area contributed by atoms with Crippen molar-refractivity contribution in [2.75, 3.05) is 29.4 Å². The van der Waals surface area contributed by atoms with Crippen LogP contribution in [0.4, 0.5) is 5.69 Å². The highest BCUT2D eigenvalue weighted by molar-refractivity contribution is 7.98. The molecule has 0 saturated heterocycles. The summed E-state index contributed by atoms with van der Waals surface area (Å²) in [5, 5.41) is 2.79. The Balaban J connectivity index is 1.89. The topological polar surface area (TPSA) is 75.7 Å². The minimum Gasteiger partial charge on any atom is -0.491 e. The van der Waals surface area contributed by atoms with Gasteiger partial charge in [0.15, 0.2) is 0 Å². The second kappa shape index (κ2) is 11.1. The van der Waals surface area contributed by atoms with Gasteiger partial charge in [-0.25, -0.2) is 8.42 Å². The van der Waals surface area contributed by atoms with Gasteiger partial charge in [-0.05, 0) is 31.5 Å². The van der Waals surface area contributed by atoms with Crippen LogP contribution in [0.1, 0.15) is 19.4 Å². The summed E-state index contributed by atoms with van der Waals surface area (Å²) in [5.74, 6) is 1.83. The number of carbonyl (C=O) groups is 1. The summed E-state index contributed by atoms with van der Waals surface area (Å²) < 4.78 is 31.2.